The van der Waals surface area contributed by atoms with Crippen molar-refractivity contribution in [2.24, 2.45) is 5.73 Å². The van der Waals surface area contributed by atoms with E-state index >= 15 is 0 Å². The van der Waals surface area contributed by atoms with Crippen LogP contribution in [0.25, 0.3) is 0 Å². The maximum absolute atomic E-state index is 11.5. The molecule has 1 atom stereocenters. The summed E-state index contributed by atoms with van der Waals surface area (Å²) in [6, 6.07) is 5.45. The monoisotopic (exact) mass is 249 g/mol. The molecule has 0 aliphatic rings. The van der Waals surface area contributed by atoms with Crippen molar-refractivity contribution in [1.82, 2.24) is 5.32 Å². The van der Waals surface area contributed by atoms with Crippen LogP contribution in [0.1, 0.15) is 12.0 Å². The Bertz CT molecular complexity index is 460. The second kappa shape index (κ2) is 6.51. The third-order valence-corrected chi connectivity index (χ3v) is 2.35. The minimum atomic E-state index is -0.638. The molecule has 1 aromatic rings. The number of nitro groups is 1. The molecule has 0 aliphatic carbocycles. The maximum atomic E-state index is 11.5. The van der Waals surface area contributed by atoms with E-state index in [1.54, 1.807) is 18.2 Å². The average Bonchev–Trinajstić information content (AvgIpc) is 2.36. The van der Waals surface area contributed by atoms with E-state index in [1.807, 2.05) is 0 Å². The van der Waals surface area contributed by atoms with Crippen molar-refractivity contribution in [1.29, 1.82) is 0 Å². The first-order chi connectivity index (χ1) is 8.54. The maximum Gasteiger partial charge on any atom is 0.269 e. The number of nitrogens with two attached hydrogens (primary N) is 1. The fourth-order valence-corrected chi connectivity index (χ4v) is 1.39. The molecule has 18 heavy (non-hydrogen) atoms. The second-order valence-corrected chi connectivity index (χ2v) is 3.78. The molecule has 1 aromatic carbocycles. The van der Waals surface area contributed by atoms with Gasteiger partial charge in [0.15, 0.2) is 0 Å². The summed E-state index contributed by atoms with van der Waals surface area (Å²) >= 11 is 0. The number of nitrogens with one attached hydrogen (secondary N) is 1. The van der Waals surface area contributed by atoms with Crippen molar-refractivity contribution >= 4 is 11.6 Å². The van der Waals surface area contributed by atoms with Crippen LogP contribution in [0.2, 0.25) is 0 Å². The summed E-state index contributed by atoms with van der Waals surface area (Å²) in [5, 5.41) is 13.2. The molecule has 0 fully saturated rings. The van der Waals surface area contributed by atoms with Crippen LogP contribution in [0, 0.1) is 10.1 Å². The fourth-order valence-electron chi connectivity index (χ4n) is 1.39. The molecule has 0 aromatic heterocycles. The number of nitro benzene ring substituents is 1. The molecular formula is C12H15N3O3. The van der Waals surface area contributed by atoms with Crippen LogP contribution in [0.3, 0.4) is 0 Å². The number of hydrogen-bond donors (Lipinski definition) is 2. The molecule has 0 spiro atoms. The molecule has 6 heteroatoms. The molecular weight excluding hydrogens is 234 g/mol. The second-order valence-electron chi connectivity index (χ2n) is 3.78. The van der Waals surface area contributed by atoms with E-state index in [-0.39, 0.29) is 18.1 Å². The van der Waals surface area contributed by atoms with Gasteiger partial charge in [-0.1, -0.05) is 18.2 Å². The quantitative estimate of drug-likeness (QED) is 0.448. The van der Waals surface area contributed by atoms with Gasteiger partial charge in [0.25, 0.3) is 5.69 Å². The minimum Gasteiger partial charge on any atom is -0.351 e. The van der Waals surface area contributed by atoms with Gasteiger partial charge in [-0.05, 0) is 12.0 Å². The first-order valence-electron chi connectivity index (χ1n) is 5.42. The Labute approximate surface area is 105 Å². The van der Waals surface area contributed by atoms with Gasteiger partial charge in [0.05, 0.1) is 11.0 Å². The van der Waals surface area contributed by atoms with Gasteiger partial charge in [0.1, 0.15) is 0 Å². The largest absolute Gasteiger partial charge is 0.351 e. The van der Waals surface area contributed by atoms with Gasteiger partial charge < -0.3 is 11.1 Å². The highest BCUT2D eigenvalue weighted by atomic mass is 16.6. The van der Waals surface area contributed by atoms with Crippen LogP contribution in [-0.2, 0) is 11.3 Å². The molecule has 0 saturated heterocycles. The van der Waals surface area contributed by atoms with E-state index in [4.69, 9.17) is 5.73 Å². The van der Waals surface area contributed by atoms with Gasteiger partial charge in [-0.15, -0.1) is 6.58 Å². The molecule has 0 bridgehead atoms. The smallest absolute Gasteiger partial charge is 0.269 e. The molecule has 0 radical (unpaired) electrons. The zero-order valence-corrected chi connectivity index (χ0v) is 9.83. The Morgan fingerprint density at radius 3 is 2.94 bits per heavy atom. The highest BCUT2D eigenvalue weighted by Gasteiger charge is 2.11. The SMILES string of the molecule is C=CCC(N)C(=O)NCc1cccc([N+](=O)[O-])c1. The average molecular weight is 249 g/mol. The Morgan fingerprint density at radius 2 is 2.33 bits per heavy atom. The highest BCUT2D eigenvalue weighted by Crippen LogP contribution is 2.12. The van der Waals surface area contributed by atoms with E-state index in [0.29, 0.717) is 12.0 Å². The van der Waals surface area contributed by atoms with E-state index in [9.17, 15) is 14.9 Å². The lowest BCUT2D eigenvalue weighted by Crippen LogP contribution is -2.39. The topological polar surface area (TPSA) is 98.3 Å². The normalized spacial score (nSPS) is 11.6. The Kier molecular flexibility index (Phi) is 5.01. The Balaban J connectivity index is 2.58. The fraction of sp³-hybridized carbons (Fsp3) is 0.250. The number of carbonyl (C=O) groups is 1. The standard InChI is InChI=1S/C12H15N3O3/c1-2-4-11(13)12(16)14-8-9-5-3-6-10(7-9)15(17)18/h2-3,5-7,11H,1,4,8,13H2,(H,14,16). The zero-order valence-electron chi connectivity index (χ0n) is 9.83. The Hall–Kier alpha value is -2.21. The van der Waals surface area contributed by atoms with Crippen molar-refractivity contribution in [3.8, 4) is 0 Å². The van der Waals surface area contributed by atoms with E-state index in [1.165, 1.54) is 12.1 Å². The summed E-state index contributed by atoms with van der Waals surface area (Å²) < 4.78 is 0. The van der Waals surface area contributed by atoms with Crippen molar-refractivity contribution in [3.63, 3.8) is 0 Å². The lowest BCUT2D eigenvalue weighted by molar-refractivity contribution is -0.384. The third-order valence-electron chi connectivity index (χ3n) is 2.35. The van der Waals surface area contributed by atoms with Crippen molar-refractivity contribution in [2.45, 2.75) is 19.0 Å². The summed E-state index contributed by atoms with van der Waals surface area (Å²) in [5.41, 5.74) is 6.23. The van der Waals surface area contributed by atoms with E-state index in [0.717, 1.165) is 0 Å². The van der Waals surface area contributed by atoms with Crippen molar-refractivity contribution < 1.29 is 9.72 Å². The van der Waals surface area contributed by atoms with Gasteiger partial charge in [-0.2, -0.15) is 0 Å². The van der Waals surface area contributed by atoms with Crippen LogP contribution in [0.5, 0.6) is 0 Å². The minimum absolute atomic E-state index is 0.00265. The molecule has 1 rings (SSSR count). The Morgan fingerprint density at radius 1 is 1.61 bits per heavy atom. The van der Waals surface area contributed by atoms with Crippen molar-refractivity contribution in [2.75, 3.05) is 0 Å². The van der Waals surface area contributed by atoms with Crippen LogP contribution in [0.15, 0.2) is 36.9 Å². The zero-order chi connectivity index (χ0) is 13.5. The number of benzene rings is 1. The summed E-state index contributed by atoms with van der Waals surface area (Å²) in [5.74, 6) is -0.304. The number of amides is 1. The van der Waals surface area contributed by atoms with Gasteiger partial charge in [-0.3, -0.25) is 14.9 Å². The number of non-ortho nitro benzene ring substituents is 1. The van der Waals surface area contributed by atoms with Gasteiger partial charge >= 0.3 is 0 Å². The summed E-state index contributed by atoms with van der Waals surface area (Å²) in [4.78, 5) is 21.6. The van der Waals surface area contributed by atoms with Crippen LogP contribution in [0.4, 0.5) is 5.69 Å². The third kappa shape index (κ3) is 3.99. The molecule has 0 aliphatic heterocycles. The molecule has 0 saturated carbocycles. The van der Waals surface area contributed by atoms with E-state index < -0.39 is 11.0 Å². The first-order valence-corrected chi connectivity index (χ1v) is 5.42. The predicted octanol–water partition coefficient (Wildman–Crippen LogP) is 1.11. The summed E-state index contributed by atoms with van der Waals surface area (Å²) in [6.07, 6.45) is 1.96. The number of rotatable bonds is 6. The number of carbonyl (C=O) groups excluding carboxylic acids is 1. The van der Waals surface area contributed by atoms with E-state index in [2.05, 4.69) is 11.9 Å². The van der Waals surface area contributed by atoms with Crippen LogP contribution in [-0.4, -0.2) is 16.9 Å². The van der Waals surface area contributed by atoms with Gasteiger partial charge in [-0.25, -0.2) is 0 Å². The molecule has 1 amide bonds. The lowest BCUT2D eigenvalue weighted by Gasteiger charge is -2.10. The molecule has 6 nitrogen and oxygen atoms in total. The van der Waals surface area contributed by atoms with Crippen LogP contribution < -0.4 is 11.1 Å². The predicted molar refractivity (Wildman–Crippen MR) is 67.7 cm³/mol. The molecule has 3 N–H and O–H groups in total. The highest BCUT2D eigenvalue weighted by molar-refractivity contribution is 5.81. The van der Waals surface area contributed by atoms with Crippen LogP contribution >= 0.6 is 0 Å². The summed E-state index contributed by atoms with van der Waals surface area (Å²) in [7, 11) is 0. The molecule has 96 valence electrons. The summed E-state index contributed by atoms with van der Waals surface area (Å²) in [6.45, 7) is 3.71. The first kappa shape index (κ1) is 13.9. The molecule has 0 heterocycles. The number of hydrogen-bond acceptors (Lipinski definition) is 4. The number of nitrogens with zero attached hydrogens (tertiary/aromatic N) is 1. The van der Waals surface area contributed by atoms with Gasteiger partial charge in [0.2, 0.25) is 5.91 Å². The molecule has 1 unspecified atom stereocenters. The van der Waals surface area contributed by atoms with Crippen molar-refractivity contribution in [3.05, 3.63) is 52.6 Å². The lowest BCUT2D eigenvalue weighted by atomic mass is 10.1. The van der Waals surface area contributed by atoms with Gasteiger partial charge in [0, 0.05) is 18.7 Å².